The Labute approximate surface area is 206 Å². The summed E-state index contributed by atoms with van der Waals surface area (Å²) < 4.78 is 35.2. The Morgan fingerprint density at radius 3 is 2.63 bits per heavy atom. The molecule has 1 aliphatic heterocycles. The summed E-state index contributed by atoms with van der Waals surface area (Å²) in [5.41, 5.74) is 3.68. The number of Topliss-reactive ketones (excluding diaryl/α,β-unsaturated/α-hetero) is 1. The molecule has 3 atom stereocenters. The van der Waals surface area contributed by atoms with Crippen LogP contribution in [0.2, 0.25) is 0 Å². The van der Waals surface area contributed by atoms with Crippen LogP contribution in [0.1, 0.15) is 63.4 Å². The Bertz CT molecular complexity index is 1440. The lowest BCUT2D eigenvalue weighted by Crippen LogP contribution is -2.46. The third kappa shape index (κ3) is 3.42. The highest BCUT2D eigenvalue weighted by atomic mass is 32.2. The monoisotopic (exact) mass is 492 g/mol. The molecule has 2 aliphatic carbocycles. The van der Waals surface area contributed by atoms with Crippen molar-refractivity contribution >= 4 is 26.9 Å². The van der Waals surface area contributed by atoms with E-state index in [0.717, 1.165) is 29.5 Å². The molecule has 2 bridgehead atoms. The highest BCUT2D eigenvalue weighted by molar-refractivity contribution is 7.89. The molecule has 7 heteroatoms. The largest absolute Gasteiger partial charge is 0.439 e. The minimum atomic E-state index is -3.67. The molecule has 2 saturated carbocycles. The van der Waals surface area contributed by atoms with Gasteiger partial charge in [-0.15, -0.1) is 0 Å². The van der Waals surface area contributed by atoms with Crippen LogP contribution in [0.4, 0.5) is 0 Å². The van der Waals surface area contributed by atoms with Crippen molar-refractivity contribution in [2.45, 2.75) is 58.9 Å². The molecule has 0 radical (unpaired) electrons. The Morgan fingerprint density at radius 1 is 1.11 bits per heavy atom. The van der Waals surface area contributed by atoms with Crippen molar-refractivity contribution in [1.82, 2.24) is 9.29 Å². The summed E-state index contributed by atoms with van der Waals surface area (Å²) >= 11 is 0. The number of nitrogens with zero attached hydrogens (tertiary/aromatic N) is 2. The topological polar surface area (TPSA) is 80.5 Å². The van der Waals surface area contributed by atoms with Gasteiger partial charge in [0.1, 0.15) is 17.3 Å². The van der Waals surface area contributed by atoms with Crippen molar-refractivity contribution < 1.29 is 17.6 Å². The van der Waals surface area contributed by atoms with E-state index in [4.69, 9.17) is 9.40 Å². The number of ketones is 1. The SMILES string of the molecule is Cc1cccc(-c2ccc3oc(C4CCCN4S(=O)(=O)C[C@@]45CCC(CC4=O)C5(C)C)nc3c2)c1. The molecule has 3 aromatic rings. The van der Waals surface area contributed by atoms with Gasteiger partial charge in [0.25, 0.3) is 0 Å². The lowest BCUT2D eigenvalue weighted by molar-refractivity contribution is -0.128. The summed E-state index contributed by atoms with van der Waals surface area (Å²) in [6, 6.07) is 13.8. The fourth-order valence-corrected chi connectivity index (χ4v) is 9.37. The second-order valence-corrected chi connectivity index (χ2v) is 13.2. The third-order valence-corrected chi connectivity index (χ3v) is 11.2. The first-order valence-electron chi connectivity index (χ1n) is 12.6. The highest BCUT2D eigenvalue weighted by Crippen LogP contribution is 2.64. The van der Waals surface area contributed by atoms with Gasteiger partial charge in [-0.2, -0.15) is 4.31 Å². The Balaban J connectivity index is 1.31. The molecule has 1 saturated heterocycles. The number of hydrogen-bond acceptors (Lipinski definition) is 5. The number of carbonyl (C=O) groups excluding carboxylic acids is 1. The number of oxazole rings is 1. The van der Waals surface area contributed by atoms with Gasteiger partial charge < -0.3 is 4.42 Å². The zero-order valence-corrected chi connectivity index (χ0v) is 21.4. The quantitative estimate of drug-likeness (QED) is 0.459. The lowest BCUT2D eigenvalue weighted by Gasteiger charge is -2.37. The second-order valence-electron chi connectivity index (χ2n) is 11.3. The van der Waals surface area contributed by atoms with E-state index in [1.54, 1.807) is 4.31 Å². The van der Waals surface area contributed by atoms with Gasteiger partial charge in [-0.05, 0) is 67.2 Å². The van der Waals surface area contributed by atoms with Gasteiger partial charge in [0.05, 0.1) is 5.75 Å². The summed E-state index contributed by atoms with van der Waals surface area (Å²) in [7, 11) is -3.67. The van der Waals surface area contributed by atoms with Crippen LogP contribution in [-0.4, -0.2) is 35.8 Å². The molecule has 1 aromatic heterocycles. The van der Waals surface area contributed by atoms with Crippen molar-refractivity contribution in [3.63, 3.8) is 0 Å². The molecule has 2 unspecified atom stereocenters. The Hall–Kier alpha value is -2.51. The predicted molar refractivity (Wildman–Crippen MR) is 135 cm³/mol. The van der Waals surface area contributed by atoms with Gasteiger partial charge in [-0.3, -0.25) is 4.79 Å². The van der Waals surface area contributed by atoms with E-state index in [2.05, 4.69) is 39.0 Å². The molecule has 35 heavy (non-hydrogen) atoms. The first-order chi connectivity index (χ1) is 16.6. The van der Waals surface area contributed by atoms with E-state index in [-0.39, 0.29) is 17.0 Å². The first kappa shape index (κ1) is 22.9. The normalized spacial score (nSPS) is 28.4. The van der Waals surface area contributed by atoms with Crippen molar-refractivity contribution in [1.29, 1.82) is 0 Å². The maximum atomic E-state index is 13.8. The highest BCUT2D eigenvalue weighted by Gasteiger charge is 2.66. The Kier molecular flexibility index (Phi) is 5.07. The number of benzene rings is 2. The van der Waals surface area contributed by atoms with Gasteiger partial charge in [0, 0.05) is 18.4 Å². The molecule has 2 heterocycles. The molecule has 6 nitrogen and oxygen atoms in total. The zero-order valence-electron chi connectivity index (χ0n) is 20.6. The maximum Gasteiger partial charge on any atom is 0.215 e. The van der Waals surface area contributed by atoms with Crippen LogP contribution in [0, 0.1) is 23.7 Å². The molecule has 6 rings (SSSR count). The Morgan fingerprint density at radius 2 is 1.91 bits per heavy atom. The summed E-state index contributed by atoms with van der Waals surface area (Å²) in [6.07, 6.45) is 3.55. The standard InChI is InChI=1S/C28H32N2O4S/c1-18-6-4-7-19(14-18)20-9-10-24-22(15-20)29-26(34-24)23-8-5-13-30(23)35(32,33)17-28-12-11-21(16-25(28)31)27(28,2)3/h4,6-7,9-10,14-15,21,23H,5,8,11-13,16-17H2,1-3H3/t21?,23?,28-/m0/s1. The number of sulfonamides is 1. The lowest BCUT2D eigenvalue weighted by atomic mass is 9.70. The van der Waals surface area contributed by atoms with Crippen LogP contribution in [0.15, 0.2) is 46.9 Å². The van der Waals surface area contributed by atoms with E-state index < -0.39 is 21.5 Å². The summed E-state index contributed by atoms with van der Waals surface area (Å²) in [4.78, 5) is 17.7. The molecule has 3 fully saturated rings. The van der Waals surface area contributed by atoms with Crippen LogP contribution >= 0.6 is 0 Å². The molecule has 0 N–H and O–H groups in total. The number of hydrogen-bond donors (Lipinski definition) is 0. The van der Waals surface area contributed by atoms with Gasteiger partial charge in [-0.1, -0.05) is 49.7 Å². The molecule has 0 amide bonds. The first-order valence-corrected chi connectivity index (χ1v) is 14.2. The number of aromatic nitrogens is 1. The fraction of sp³-hybridized carbons (Fsp3) is 0.500. The van der Waals surface area contributed by atoms with Crippen LogP contribution < -0.4 is 0 Å². The molecule has 3 aliphatic rings. The van der Waals surface area contributed by atoms with Gasteiger partial charge in [0.2, 0.25) is 15.9 Å². The molecular formula is C28H32N2O4S. The van der Waals surface area contributed by atoms with E-state index in [1.165, 1.54) is 5.56 Å². The number of aryl methyl sites for hydroxylation is 1. The van der Waals surface area contributed by atoms with Crippen LogP contribution in [0.5, 0.6) is 0 Å². The van der Waals surface area contributed by atoms with Gasteiger partial charge in [0.15, 0.2) is 5.58 Å². The van der Waals surface area contributed by atoms with Crippen LogP contribution in [0.25, 0.3) is 22.2 Å². The van der Waals surface area contributed by atoms with Crippen molar-refractivity contribution in [3.05, 3.63) is 53.9 Å². The minimum Gasteiger partial charge on any atom is -0.439 e. The summed E-state index contributed by atoms with van der Waals surface area (Å²) in [5.74, 6) is 0.764. The molecule has 2 aromatic carbocycles. The maximum absolute atomic E-state index is 13.8. The number of rotatable bonds is 5. The smallest absolute Gasteiger partial charge is 0.215 e. The fourth-order valence-electron chi connectivity index (χ4n) is 6.91. The van der Waals surface area contributed by atoms with Crippen molar-refractivity contribution in [2.75, 3.05) is 12.3 Å². The zero-order chi connectivity index (χ0) is 24.6. The van der Waals surface area contributed by atoms with E-state index in [9.17, 15) is 13.2 Å². The van der Waals surface area contributed by atoms with E-state index >= 15 is 0 Å². The molecule has 184 valence electrons. The third-order valence-electron chi connectivity index (χ3n) is 9.17. The summed E-state index contributed by atoms with van der Waals surface area (Å²) in [5, 5.41) is 0. The second kappa shape index (κ2) is 7.74. The van der Waals surface area contributed by atoms with Crippen LogP contribution in [0.3, 0.4) is 0 Å². The molecule has 0 spiro atoms. The minimum absolute atomic E-state index is 0.101. The van der Waals surface area contributed by atoms with Crippen molar-refractivity contribution in [3.8, 4) is 11.1 Å². The van der Waals surface area contributed by atoms with Gasteiger partial charge >= 0.3 is 0 Å². The van der Waals surface area contributed by atoms with E-state index in [0.29, 0.717) is 43.2 Å². The predicted octanol–water partition coefficient (Wildman–Crippen LogP) is 5.67. The average Bonchev–Trinajstić information content (AvgIpc) is 3.54. The average molecular weight is 493 g/mol. The molecular weight excluding hydrogens is 460 g/mol. The number of fused-ring (bicyclic) bond motifs is 3. The van der Waals surface area contributed by atoms with Crippen LogP contribution in [-0.2, 0) is 14.8 Å². The van der Waals surface area contributed by atoms with E-state index in [1.807, 2.05) is 24.3 Å². The summed E-state index contributed by atoms with van der Waals surface area (Å²) in [6.45, 7) is 6.67. The number of carbonyl (C=O) groups is 1. The van der Waals surface area contributed by atoms with Crippen molar-refractivity contribution in [2.24, 2.45) is 16.7 Å². The van der Waals surface area contributed by atoms with Gasteiger partial charge in [-0.25, -0.2) is 13.4 Å².